The maximum Gasteiger partial charge on any atom is 0.238 e. The van der Waals surface area contributed by atoms with Gasteiger partial charge in [-0.05, 0) is 36.3 Å². The second kappa shape index (κ2) is 8.84. The first-order chi connectivity index (χ1) is 11.8. The molecule has 1 aliphatic rings. The van der Waals surface area contributed by atoms with E-state index in [4.69, 9.17) is 0 Å². The predicted octanol–water partition coefficient (Wildman–Crippen LogP) is 3.91. The van der Waals surface area contributed by atoms with Gasteiger partial charge in [0.2, 0.25) is 5.91 Å². The van der Waals surface area contributed by atoms with Crippen molar-refractivity contribution in [2.75, 3.05) is 11.5 Å². The minimum atomic E-state index is -3.31. The third-order valence-electron chi connectivity index (χ3n) is 4.71. The summed E-state index contributed by atoms with van der Waals surface area (Å²) >= 11 is 0. The number of hydrogen-bond acceptors (Lipinski definition) is 3. The molecule has 0 N–H and O–H groups in total. The van der Waals surface area contributed by atoms with Crippen molar-refractivity contribution in [1.29, 1.82) is 0 Å². The van der Waals surface area contributed by atoms with E-state index in [1.54, 1.807) is 4.90 Å². The number of nitrogens with zero attached hydrogens (tertiary/aromatic N) is 1. The molecule has 2 rings (SSSR count). The SMILES string of the molecule is CCCCCS(=O)(=O)CC(=O)N(Cc1ccc(C(C)C)cc1)C1CC1. The molecule has 0 radical (unpaired) electrons. The van der Waals surface area contributed by atoms with Crippen LogP contribution in [0.15, 0.2) is 24.3 Å². The van der Waals surface area contributed by atoms with Gasteiger partial charge in [0.1, 0.15) is 5.75 Å². The molecule has 1 aromatic carbocycles. The van der Waals surface area contributed by atoms with E-state index in [9.17, 15) is 13.2 Å². The van der Waals surface area contributed by atoms with Crippen LogP contribution in [0.3, 0.4) is 0 Å². The molecular formula is C20H31NO3S. The molecule has 0 saturated heterocycles. The molecule has 25 heavy (non-hydrogen) atoms. The van der Waals surface area contributed by atoms with Crippen LogP contribution in [0.2, 0.25) is 0 Å². The molecule has 1 aromatic rings. The largest absolute Gasteiger partial charge is 0.335 e. The summed E-state index contributed by atoms with van der Waals surface area (Å²) in [7, 11) is -3.31. The number of rotatable bonds is 10. The zero-order chi connectivity index (χ0) is 18.4. The third kappa shape index (κ3) is 6.46. The lowest BCUT2D eigenvalue weighted by atomic mass is 10.0. The number of benzene rings is 1. The van der Waals surface area contributed by atoms with Crippen molar-refractivity contribution in [2.45, 2.75) is 71.4 Å². The van der Waals surface area contributed by atoms with Gasteiger partial charge in [-0.3, -0.25) is 4.79 Å². The highest BCUT2D eigenvalue weighted by molar-refractivity contribution is 7.92. The van der Waals surface area contributed by atoms with Crippen molar-refractivity contribution < 1.29 is 13.2 Å². The zero-order valence-electron chi connectivity index (χ0n) is 15.7. The zero-order valence-corrected chi connectivity index (χ0v) is 16.5. The van der Waals surface area contributed by atoms with Crippen molar-refractivity contribution in [3.8, 4) is 0 Å². The molecule has 1 amide bonds. The molecule has 140 valence electrons. The van der Waals surface area contributed by atoms with E-state index in [1.807, 2.05) is 19.1 Å². The van der Waals surface area contributed by atoms with Crippen molar-refractivity contribution in [3.05, 3.63) is 35.4 Å². The standard InChI is InChI=1S/C20H31NO3S/c1-4-5-6-13-25(23,24)15-20(22)21(19-11-12-19)14-17-7-9-18(10-8-17)16(2)3/h7-10,16,19H,4-6,11-15H2,1-3H3. The van der Waals surface area contributed by atoms with Gasteiger partial charge in [-0.15, -0.1) is 0 Å². The summed E-state index contributed by atoms with van der Waals surface area (Å²) < 4.78 is 24.4. The maximum atomic E-state index is 12.6. The lowest BCUT2D eigenvalue weighted by molar-refractivity contribution is -0.129. The van der Waals surface area contributed by atoms with E-state index >= 15 is 0 Å². The van der Waals surface area contributed by atoms with Crippen LogP contribution in [-0.4, -0.2) is 36.8 Å². The van der Waals surface area contributed by atoms with Gasteiger partial charge in [-0.2, -0.15) is 0 Å². The Balaban J connectivity index is 1.99. The smallest absolute Gasteiger partial charge is 0.238 e. The highest BCUT2D eigenvalue weighted by atomic mass is 32.2. The van der Waals surface area contributed by atoms with Crippen LogP contribution >= 0.6 is 0 Å². The van der Waals surface area contributed by atoms with E-state index in [1.165, 1.54) is 5.56 Å². The van der Waals surface area contributed by atoms with Gasteiger partial charge in [0.05, 0.1) is 5.75 Å². The Morgan fingerprint density at radius 1 is 1.16 bits per heavy atom. The topological polar surface area (TPSA) is 54.5 Å². The third-order valence-corrected chi connectivity index (χ3v) is 6.31. The molecule has 0 unspecified atom stereocenters. The lowest BCUT2D eigenvalue weighted by Crippen LogP contribution is -2.37. The van der Waals surface area contributed by atoms with Crippen LogP contribution in [0, 0.1) is 0 Å². The average molecular weight is 366 g/mol. The number of amides is 1. The Bertz CT molecular complexity index is 661. The fraction of sp³-hybridized carbons (Fsp3) is 0.650. The van der Waals surface area contributed by atoms with Crippen LogP contribution in [0.1, 0.15) is 69.9 Å². The van der Waals surface area contributed by atoms with E-state index in [-0.39, 0.29) is 23.5 Å². The van der Waals surface area contributed by atoms with Crippen LogP contribution in [0.5, 0.6) is 0 Å². The average Bonchev–Trinajstić information content (AvgIpc) is 3.37. The summed E-state index contributed by atoms with van der Waals surface area (Å²) in [5, 5.41) is 0. The Labute approximate surface area is 152 Å². The lowest BCUT2D eigenvalue weighted by Gasteiger charge is -2.23. The Morgan fingerprint density at radius 2 is 1.80 bits per heavy atom. The van der Waals surface area contributed by atoms with Gasteiger partial charge in [0.25, 0.3) is 0 Å². The van der Waals surface area contributed by atoms with Gasteiger partial charge in [-0.25, -0.2) is 8.42 Å². The Kier molecular flexibility index (Phi) is 7.05. The van der Waals surface area contributed by atoms with Gasteiger partial charge >= 0.3 is 0 Å². The minimum Gasteiger partial charge on any atom is -0.335 e. The number of carbonyl (C=O) groups is 1. The molecule has 0 heterocycles. The molecular weight excluding hydrogens is 334 g/mol. The molecule has 0 aromatic heterocycles. The molecule has 5 heteroatoms. The molecule has 0 bridgehead atoms. The van der Waals surface area contributed by atoms with E-state index in [0.29, 0.717) is 18.9 Å². The molecule has 0 aliphatic heterocycles. The number of hydrogen-bond donors (Lipinski definition) is 0. The van der Waals surface area contributed by atoms with Gasteiger partial charge < -0.3 is 4.90 Å². The predicted molar refractivity (Wildman–Crippen MR) is 102 cm³/mol. The van der Waals surface area contributed by atoms with E-state index in [0.717, 1.165) is 31.2 Å². The first kappa shape index (κ1) is 20.0. The van der Waals surface area contributed by atoms with Gasteiger partial charge in [0, 0.05) is 12.6 Å². The summed E-state index contributed by atoms with van der Waals surface area (Å²) in [6.45, 7) is 6.85. The molecule has 1 aliphatic carbocycles. The number of carbonyl (C=O) groups excluding carboxylic acids is 1. The highest BCUT2D eigenvalue weighted by Crippen LogP contribution is 2.29. The Hall–Kier alpha value is -1.36. The summed E-state index contributed by atoms with van der Waals surface area (Å²) in [4.78, 5) is 14.4. The Morgan fingerprint density at radius 3 is 2.32 bits per heavy atom. The molecule has 4 nitrogen and oxygen atoms in total. The summed E-state index contributed by atoms with van der Waals surface area (Å²) in [5.74, 6) is 0.00118. The van der Waals surface area contributed by atoms with Crippen molar-refractivity contribution in [3.63, 3.8) is 0 Å². The number of unbranched alkanes of at least 4 members (excludes halogenated alkanes) is 2. The normalized spacial score (nSPS) is 14.7. The van der Waals surface area contributed by atoms with E-state index in [2.05, 4.69) is 26.0 Å². The van der Waals surface area contributed by atoms with Crippen molar-refractivity contribution in [2.24, 2.45) is 0 Å². The van der Waals surface area contributed by atoms with Crippen LogP contribution in [0.25, 0.3) is 0 Å². The molecule has 1 saturated carbocycles. The summed E-state index contributed by atoms with van der Waals surface area (Å²) in [6.07, 6.45) is 4.47. The first-order valence-corrected chi connectivity index (χ1v) is 11.2. The molecule has 0 atom stereocenters. The second-order valence-corrected chi connectivity index (χ2v) is 9.63. The van der Waals surface area contributed by atoms with Crippen LogP contribution in [0.4, 0.5) is 0 Å². The van der Waals surface area contributed by atoms with Gasteiger partial charge in [0.15, 0.2) is 9.84 Å². The van der Waals surface area contributed by atoms with Crippen molar-refractivity contribution >= 4 is 15.7 Å². The first-order valence-electron chi connectivity index (χ1n) is 9.41. The minimum absolute atomic E-state index is 0.119. The molecule has 0 spiro atoms. The fourth-order valence-corrected chi connectivity index (χ4v) is 4.26. The summed E-state index contributed by atoms with van der Waals surface area (Å²) in [5.41, 5.74) is 2.33. The summed E-state index contributed by atoms with van der Waals surface area (Å²) in [6, 6.07) is 8.50. The van der Waals surface area contributed by atoms with Crippen LogP contribution in [-0.2, 0) is 21.2 Å². The highest BCUT2D eigenvalue weighted by Gasteiger charge is 2.34. The van der Waals surface area contributed by atoms with Crippen LogP contribution < -0.4 is 0 Å². The van der Waals surface area contributed by atoms with Crippen molar-refractivity contribution in [1.82, 2.24) is 4.90 Å². The maximum absolute atomic E-state index is 12.6. The van der Waals surface area contributed by atoms with E-state index < -0.39 is 9.84 Å². The fourth-order valence-electron chi connectivity index (χ4n) is 2.93. The van der Waals surface area contributed by atoms with Gasteiger partial charge in [-0.1, -0.05) is 57.9 Å². The molecule has 1 fully saturated rings. The second-order valence-electron chi connectivity index (χ2n) is 7.45. The number of sulfone groups is 1. The monoisotopic (exact) mass is 365 g/mol. The quantitative estimate of drug-likeness (QED) is 0.591.